The van der Waals surface area contributed by atoms with Crippen molar-refractivity contribution in [1.82, 2.24) is 15.1 Å². The number of benzene rings is 1. The number of halogens is 2. The van der Waals surface area contributed by atoms with E-state index < -0.39 is 0 Å². The minimum atomic E-state index is -0.102. The largest absolute Gasteiger partial charge is 0.335 e. The Morgan fingerprint density at radius 3 is 2.91 bits per heavy atom. The van der Waals surface area contributed by atoms with Crippen LogP contribution in [0, 0.1) is 0 Å². The summed E-state index contributed by atoms with van der Waals surface area (Å²) in [6.07, 6.45) is 0. The Hall–Kier alpha value is -1.63. The Labute approximate surface area is 151 Å². The maximum absolute atomic E-state index is 12.5. The molecule has 23 heavy (non-hydrogen) atoms. The fourth-order valence-corrected chi connectivity index (χ4v) is 3.87. The number of hydrogen-bond acceptors (Lipinski definition) is 3. The second-order valence-corrected chi connectivity index (χ2v) is 7.42. The Bertz CT molecular complexity index is 845. The summed E-state index contributed by atoms with van der Waals surface area (Å²) >= 11 is 11.0. The van der Waals surface area contributed by atoms with Crippen LogP contribution in [0.5, 0.6) is 0 Å². The lowest BCUT2D eigenvalue weighted by Crippen LogP contribution is -2.26. The van der Waals surface area contributed by atoms with Crippen molar-refractivity contribution in [2.75, 3.05) is 7.05 Å². The van der Waals surface area contributed by atoms with Crippen LogP contribution in [-0.4, -0.2) is 28.1 Å². The predicted molar refractivity (Wildman–Crippen MR) is 96.9 cm³/mol. The number of aromatic amines is 1. The molecule has 0 unspecified atom stereocenters. The number of nitrogens with one attached hydrogen (secondary N) is 1. The van der Waals surface area contributed by atoms with Crippen molar-refractivity contribution in [2.24, 2.45) is 0 Å². The van der Waals surface area contributed by atoms with Crippen LogP contribution >= 0.6 is 38.9 Å². The summed E-state index contributed by atoms with van der Waals surface area (Å²) in [5, 5.41) is 9.65. The van der Waals surface area contributed by atoms with Crippen molar-refractivity contribution in [3.8, 4) is 11.3 Å². The summed E-state index contributed by atoms with van der Waals surface area (Å²) in [4.78, 5) is 15.3. The van der Waals surface area contributed by atoms with E-state index in [-0.39, 0.29) is 5.91 Å². The van der Waals surface area contributed by atoms with Gasteiger partial charge in [-0.25, -0.2) is 0 Å². The van der Waals surface area contributed by atoms with Crippen LogP contribution in [0.1, 0.15) is 15.4 Å². The zero-order chi connectivity index (χ0) is 16.4. The van der Waals surface area contributed by atoms with E-state index in [4.69, 9.17) is 11.6 Å². The highest BCUT2D eigenvalue weighted by Crippen LogP contribution is 2.23. The number of H-pyrrole nitrogens is 1. The zero-order valence-electron chi connectivity index (χ0n) is 12.2. The van der Waals surface area contributed by atoms with Gasteiger partial charge in [0.2, 0.25) is 0 Å². The maximum Gasteiger partial charge on any atom is 0.271 e. The van der Waals surface area contributed by atoms with Gasteiger partial charge in [-0.1, -0.05) is 23.7 Å². The molecule has 0 saturated carbocycles. The Morgan fingerprint density at radius 2 is 2.22 bits per heavy atom. The van der Waals surface area contributed by atoms with Crippen molar-refractivity contribution < 1.29 is 4.79 Å². The van der Waals surface area contributed by atoms with Crippen molar-refractivity contribution in [1.29, 1.82) is 0 Å². The third-order valence-corrected chi connectivity index (χ3v) is 5.21. The van der Waals surface area contributed by atoms with Gasteiger partial charge in [-0.05, 0) is 40.2 Å². The van der Waals surface area contributed by atoms with Crippen LogP contribution in [-0.2, 0) is 6.54 Å². The average Bonchev–Trinajstić information content (AvgIpc) is 3.16. The number of nitrogens with zero attached hydrogens (tertiary/aromatic N) is 2. The molecule has 3 rings (SSSR count). The van der Waals surface area contributed by atoms with Crippen LogP contribution in [0.15, 0.2) is 46.3 Å². The Kier molecular flexibility index (Phi) is 4.84. The van der Waals surface area contributed by atoms with E-state index in [9.17, 15) is 4.79 Å². The van der Waals surface area contributed by atoms with E-state index >= 15 is 0 Å². The number of aromatic nitrogens is 2. The summed E-state index contributed by atoms with van der Waals surface area (Å²) in [6.45, 7) is 0.556. The third kappa shape index (κ3) is 3.83. The first kappa shape index (κ1) is 16.2. The topological polar surface area (TPSA) is 49.0 Å². The van der Waals surface area contributed by atoms with Gasteiger partial charge in [-0.2, -0.15) is 5.10 Å². The number of carbonyl (C=O) groups excluding carboxylic acids is 1. The van der Waals surface area contributed by atoms with Gasteiger partial charge < -0.3 is 4.90 Å². The van der Waals surface area contributed by atoms with Gasteiger partial charge in [0.05, 0.1) is 12.2 Å². The molecule has 1 aromatic carbocycles. The first-order valence-electron chi connectivity index (χ1n) is 6.82. The third-order valence-electron chi connectivity index (χ3n) is 3.29. The minimum Gasteiger partial charge on any atom is -0.335 e. The first-order valence-corrected chi connectivity index (χ1v) is 8.88. The summed E-state index contributed by atoms with van der Waals surface area (Å²) < 4.78 is 1.03. The second kappa shape index (κ2) is 6.86. The van der Waals surface area contributed by atoms with Gasteiger partial charge >= 0.3 is 0 Å². The van der Waals surface area contributed by atoms with Crippen molar-refractivity contribution in [3.63, 3.8) is 0 Å². The van der Waals surface area contributed by atoms with Gasteiger partial charge in [0.1, 0.15) is 5.69 Å². The van der Waals surface area contributed by atoms with E-state index in [1.165, 1.54) is 0 Å². The SMILES string of the molecule is CN(Cc1cc(Br)cs1)C(=O)c1cc(-c2cccc(Cl)c2)n[nH]1. The van der Waals surface area contributed by atoms with Gasteiger partial charge in [0.15, 0.2) is 0 Å². The summed E-state index contributed by atoms with van der Waals surface area (Å²) in [5.41, 5.74) is 2.03. The quantitative estimate of drug-likeness (QED) is 0.670. The molecule has 7 heteroatoms. The molecule has 118 valence electrons. The molecule has 1 amide bonds. The number of hydrogen-bond donors (Lipinski definition) is 1. The van der Waals surface area contributed by atoms with Gasteiger partial charge in [0, 0.05) is 32.4 Å². The minimum absolute atomic E-state index is 0.102. The highest BCUT2D eigenvalue weighted by molar-refractivity contribution is 9.10. The lowest BCUT2D eigenvalue weighted by Gasteiger charge is -2.14. The molecule has 0 aliphatic heterocycles. The monoisotopic (exact) mass is 409 g/mol. The number of amides is 1. The molecular formula is C16H13BrClN3OS. The van der Waals surface area contributed by atoms with E-state index in [0.717, 1.165) is 14.9 Å². The lowest BCUT2D eigenvalue weighted by atomic mass is 10.1. The van der Waals surface area contributed by atoms with Crippen LogP contribution in [0.3, 0.4) is 0 Å². The fraction of sp³-hybridized carbons (Fsp3) is 0.125. The summed E-state index contributed by atoms with van der Waals surface area (Å²) in [7, 11) is 1.77. The second-order valence-electron chi connectivity index (χ2n) is 5.07. The van der Waals surface area contributed by atoms with Gasteiger partial charge in [-0.3, -0.25) is 9.89 Å². The van der Waals surface area contributed by atoms with E-state index in [1.807, 2.05) is 29.6 Å². The van der Waals surface area contributed by atoms with Gasteiger partial charge in [-0.15, -0.1) is 11.3 Å². The van der Waals surface area contributed by atoms with Crippen LogP contribution in [0.4, 0.5) is 0 Å². The molecule has 2 aromatic heterocycles. The molecule has 0 atom stereocenters. The number of rotatable bonds is 4. The molecule has 0 saturated heterocycles. The number of carbonyl (C=O) groups is 1. The summed E-state index contributed by atoms with van der Waals surface area (Å²) in [5.74, 6) is -0.102. The highest BCUT2D eigenvalue weighted by Gasteiger charge is 2.16. The normalized spacial score (nSPS) is 10.7. The molecule has 0 radical (unpaired) electrons. The fourth-order valence-electron chi connectivity index (χ4n) is 2.17. The maximum atomic E-state index is 12.5. The Balaban J connectivity index is 1.75. The average molecular weight is 411 g/mol. The standard InChI is InChI=1S/C16H13BrClN3OS/c1-21(8-13-6-11(17)9-23-13)16(22)15-7-14(19-20-15)10-3-2-4-12(18)5-10/h2-7,9H,8H2,1H3,(H,19,20). The molecule has 0 fully saturated rings. The molecule has 0 aliphatic rings. The predicted octanol–water partition coefficient (Wildman–Crippen LogP) is 4.83. The van der Waals surface area contributed by atoms with Crippen molar-refractivity contribution >= 4 is 44.8 Å². The van der Waals surface area contributed by atoms with E-state index in [0.29, 0.717) is 23.0 Å². The van der Waals surface area contributed by atoms with Crippen LogP contribution < -0.4 is 0 Å². The van der Waals surface area contributed by atoms with Crippen molar-refractivity contribution in [3.05, 3.63) is 61.8 Å². The molecule has 0 spiro atoms. The number of thiophene rings is 1. The molecule has 3 aromatic rings. The van der Waals surface area contributed by atoms with E-state index in [2.05, 4.69) is 26.1 Å². The zero-order valence-corrected chi connectivity index (χ0v) is 15.4. The first-order chi connectivity index (χ1) is 11.0. The van der Waals surface area contributed by atoms with Gasteiger partial charge in [0.25, 0.3) is 5.91 Å². The summed E-state index contributed by atoms with van der Waals surface area (Å²) in [6, 6.07) is 11.1. The molecule has 4 nitrogen and oxygen atoms in total. The van der Waals surface area contributed by atoms with E-state index in [1.54, 1.807) is 35.4 Å². The molecule has 0 bridgehead atoms. The van der Waals surface area contributed by atoms with Crippen LogP contribution in [0.25, 0.3) is 11.3 Å². The van der Waals surface area contributed by atoms with Crippen LogP contribution in [0.2, 0.25) is 5.02 Å². The Morgan fingerprint density at radius 1 is 1.39 bits per heavy atom. The smallest absolute Gasteiger partial charge is 0.271 e. The highest BCUT2D eigenvalue weighted by atomic mass is 79.9. The molecule has 1 N–H and O–H groups in total. The molecule has 2 heterocycles. The van der Waals surface area contributed by atoms with Crippen molar-refractivity contribution in [2.45, 2.75) is 6.54 Å². The molecular weight excluding hydrogens is 398 g/mol. The lowest BCUT2D eigenvalue weighted by molar-refractivity contribution is 0.0780. The molecule has 0 aliphatic carbocycles.